The molecule has 1 aliphatic rings. The number of carbonyl (C=O) groups excluding carboxylic acids is 1. The average molecular weight is 276 g/mol. The molecule has 0 radical (unpaired) electrons. The van der Waals surface area contributed by atoms with Gasteiger partial charge in [0.15, 0.2) is 0 Å². The van der Waals surface area contributed by atoms with E-state index in [4.69, 9.17) is 5.73 Å². The van der Waals surface area contributed by atoms with E-state index in [0.29, 0.717) is 22.0 Å². The lowest BCUT2D eigenvalue weighted by atomic mass is 9.85. The molecule has 0 aromatic carbocycles. The zero-order valence-electron chi connectivity index (χ0n) is 10.8. The van der Waals surface area contributed by atoms with Crippen LogP contribution in [0.2, 0.25) is 0 Å². The maximum Gasteiger partial charge on any atom is 0.265 e. The highest BCUT2D eigenvalue weighted by atomic mass is 32.1. The van der Waals surface area contributed by atoms with Crippen LogP contribution in [0.15, 0.2) is 12.4 Å². The van der Waals surface area contributed by atoms with Crippen molar-refractivity contribution in [3.63, 3.8) is 0 Å². The highest BCUT2D eigenvalue weighted by molar-refractivity contribution is 7.21. The molecule has 2 aromatic heterocycles. The molecule has 100 valence electrons. The zero-order chi connectivity index (χ0) is 13.4. The summed E-state index contributed by atoms with van der Waals surface area (Å²) in [6, 6.07) is 0. The largest absolute Gasteiger partial charge is 0.396 e. The molecule has 1 fully saturated rings. The van der Waals surface area contributed by atoms with Crippen molar-refractivity contribution in [2.75, 3.05) is 19.3 Å². The van der Waals surface area contributed by atoms with E-state index in [-0.39, 0.29) is 5.91 Å². The van der Waals surface area contributed by atoms with Crippen molar-refractivity contribution >= 4 is 33.3 Å². The Kier molecular flexibility index (Phi) is 3.10. The number of rotatable bonds is 3. The van der Waals surface area contributed by atoms with Crippen molar-refractivity contribution in [2.24, 2.45) is 5.92 Å². The van der Waals surface area contributed by atoms with Gasteiger partial charge in [0.2, 0.25) is 0 Å². The van der Waals surface area contributed by atoms with Crippen LogP contribution in [0, 0.1) is 5.92 Å². The second kappa shape index (κ2) is 4.77. The molecule has 0 spiro atoms. The molecule has 1 amide bonds. The standard InChI is InChI=1S/C13H16N4OS/c1-17(7-8-3-2-4-8)13(18)11-9(14)10-12(19-11)16-6-5-15-10/h5-6,8H,2-4,7,14H2,1H3. The lowest BCUT2D eigenvalue weighted by molar-refractivity contribution is 0.0751. The minimum atomic E-state index is -0.0193. The quantitative estimate of drug-likeness (QED) is 0.932. The Morgan fingerprint density at radius 1 is 1.47 bits per heavy atom. The third-order valence-electron chi connectivity index (χ3n) is 3.66. The lowest BCUT2D eigenvalue weighted by Gasteiger charge is -2.29. The number of anilines is 1. The molecule has 2 aromatic rings. The number of nitrogens with zero attached hydrogens (tertiary/aromatic N) is 3. The summed E-state index contributed by atoms with van der Waals surface area (Å²) in [5.41, 5.74) is 7.10. The van der Waals surface area contributed by atoms with E-state index in [2.05, 4.69) is 9.97 Å². The molecular weight excluding hydrogens is 260 g/mol. The van der Waals surface area contributed by atoms with Gasteiger partial charge in [-0.25, -0.2) is 9.97 Å². The average Bonchev–Trinajstić information content (AvgIpc) is 2.71. The Morgan fingerprint density at radius 2 is 2.21 bits per heavy atom. The van der Waals surface area contributed by atoms with E-state index in [1.807, 2.05) is 7.05 Å². The second-order valence-corrected chi connectivity index (χ2v) is 6.04. The molecule has 3 rings (SSSR count). The molecule has 0 bridgehead atoms. The highest BCUT2D eigenvalue weighted by Gasteiger charge is 2.25. The van der Waals surface area contributed by atoms with Crippen molar-refractivity contribution < 1.29 is 4.79 Å². The van der Waals surface area contributed by atoms with Crippen LogP contribution in [-0.4, -0.2) is 34.4 Å². The molecule has 19 heavy (non-hydrogen) atoms. The van der Waals surface area contributed by atoms with Gasteiger partial charge in [-0.2, -0.15) is 0 Å². The van der Waals surface area contributed by atoms with E-state index in [1.54, 1.807) is 17.3 Å². The summed E-state index contributed by atoms with van der Waals surface area (Å²) < 4.78 is 0. The minimum absolute atomic E-state index is 0.0193. The van der Waals surface area contributed by atoms with Crippen molar-refractivity contribution in [2.45, 2.75) is 19.3 Å². The maximum atomic E-state index is 12.4. The van der Waals surface area contributed by atoms with Crippen LogP contribution in [0.5, 0.6) is 0 Å². The number of thiophene rings is 1. The Hall–Kier alpha value is -1.69. The first-order valence-electron chi connectivity index (χ1n) is 6.41. The molecule has 0 aliphatic heterocycles. The van der Waals surface area contributed by atoms with Crippen molar-refractivity contribution in [3.8, 4) is 0 Å². The summed E-state index contributed by atoms with van der Waals surface area (Å²) in [5, 5.41) is 0. The summed E-state index contributed by atoms with van der Waals surface area (Å²) in [7, 11) is 1.84. The van der Waals surface area contributed by atoms with Crippen molar-refractivity contribution in [3.05, 3.63) is 17.3 Å². The van der Waals surface area contributed by atoms with Crippen molar-refractivity contribution in [1.29, 1.82) is 0 Å². The fourth-order valence-electron chi connectivity index (χ4n) is 2.32. The SMILES string of the molecule is CN(CC1CCC1)C(=O)c1sc2nccnc2c1N. The van der Waals surface area contributed by atoms with Gasteiger partial charge in [0.25, 0.3) is 5.91 Å². The molecule has 5 nitrogen and oxygen atoms in total. The van der Waals surface area contributed by atoms with Gasteiger partial charge in [-0.3, -0.25) is 4.79 Å². The Labute approximate surface area is 115 Å². The van der Waals surface area contributed by atoms with Crippen molar-refractivity contribution in [1.82, 2.24) is 14.9 Å². The predicted molar refractivity (Wildman–Crippen MR) is 76.1 cm³/mol. The van der Waals surface area contributed by atoms with E-state index in [9.17, 15) is 4.79 Å². The van der Waals surface area contributed by atoms with Gasteiger partial charge in [0.05, 0.1) is 5.69 Å². The number of carbonyl (C=O) groups is 1. The highest BCUT2D eigenvalue weighted by Crippen LogP contribution is 2.32. The Balaban J connectivity index is 1.86. The summed E-state index contributed by atoms with van der Waals surface area (Å²) in [5.74, 6) is 0.634. The fourth-order valence-corrected chi connectivity index (χ4v) is 3.34. The summed E-state index contributed by atoms with van der Waals surface area (Å²) in [4.78, 5) is 23.8. The third kappa shape index (κ3) is 2.16. The van der Waals surface area contributed by atoms with Crippen LogP contribution in [0.4, 0.5) is 5.69 Å². The Bertz CT molecular complexity index is 620. The van der Waals surface area contributed by atoms with Gasteiger partial charge < -0.3 is 10.6 Å². The predicted octanol–water partition coefficient (Wildman–Crippen LogP) is 2.15. The van der Waals surface area contributed by atoms with Crippen LogP contribution >= 0.6 is 11.3 Å². The molecule has 2 N–H and O–H groups in total. The smallest absolute Gasteiger partial charge is 0.265 e. The van der Waals surface area contributed by atoms with Crippen LogP contribution in [0.3, 0.4) is 0 Å². The lowest BCUT2D eigenvalue weighted by Crippen LogP contribution is -2.34. The third-order valence-corrected chi connectivity index (χ3v) is 4.75. The number of hydrogen-bond acceptors (Lipinski definition) is 5. The van der Waals surface area contributed by atoms with Crippen LogP contribution in [0.25, 0.3) is 10.3 Å². The van der Waals surface area contributed by atoms with Crippen LogP contribution in [0.1, 0.15) is 28.9 Å². The molecule has 0 saturated heterocycles. The van der Waals surface area contributed by atoms with Gasteiger partial charge >= 0.3 is 0 Å². The fraction of sp³-hybridized carbons (Fsp3) is 0.462. The summed E-state index contributed by atoms with van der Waals surface area (Å²) >= 11 is 1.32. The van der Waals surface area contributed by atoms with Gasteiger partial charge in [0, 0.05) is 26.0 Å². The number of nitrogen functional groups attached to an aromatic ring is 1. The maximum absolute atomic E-state index is 12.4. The molecular formula is C13H16N4OS. The van der Waals surface area contributed by atoms with E-state index >= 15 is 0 Å². The molecule has 2 heterocycles. The molecule has 1 saturated carbocycles. The second-order valence-electron chi connectivity index (χ2n) is 5.04. The molecule has 0 unspecified atom stereocenters. The molecule has 0 atom stereocenters. The number of aromatic nitrogens is 2. The summed E-state index contributed by atoms with van der Waals surface area (Å²) in [6.45, 7) is 0.813. The molecule has 1 aliphatic carbocycles. The van der Waals surface area contributed by atoms with Gasteiger partial charge in [-0.1, -0.05) is 6.42 Å². The first kappa shape index (κ1) is 12.3. The van der Waals surface area contributed by atoms with Gasteiger partial charge in [0.1, 0.15) is 15.2 Å². The van der Waals surface area contributed by atoms with Crippen LogP contribution < -0.4 is 5.73 Å². The van der Waals surface area contributed by atoms with E-state index < -0.39 is 0 Å². The number of nitrogens with two attached hydrogens (primary N) is 1. The van der Waals surface area contributed by atoms with E-state index in [1.165, 1.54) is 30.6 Å². The minimum Gasteiger partial charge on any atom is -0.396 e. The first-order chi connectivity index (χ1) is 9.16. The molecule has 6 heteroatoms. The first-order valence-corrected chi connectivity index (χ1v) is 7.23. The van der Waals surface area contributed by atoms with Gasteiger partial charge in [-0.05, 0) is 18.8 Å². The normalized spacial score (nSPS) is 15.4. The number of fused-ring (bicyclic) bond motifs is 1. The van der Waals surface area contributed by atoms with Gasteiger partial charge in [-0.15, -0.1) is 11.3 Å². The summed E-state index contributed by atoms with van der Waals surface area (Å²) in [6.07, 6.45) is 6.94. The van der Waals surface area contributed by atoms with E-state index in [0.717, 1.165) is 11.4 Å². The van der Waals surface area contributed by atoms with Crippen LogP contribution in [-0.2, 0) is 0 Å². The topological polar surface area (TPSA) is 72.1 Å². The zero-order valence-corrected chi connectivity index (χ0v) is 11.6. The number of amides is 1. The Morgan fingerprint density at radius 3 is 2.84 bits per heavy atom. The number of hydrogen-bond donors (Lipinski definition) is 1. The monoisotopic (exact) mass is 276 g/mol.